The van der Waals surface area contributed by atoms with Gasteiger partial charge in [-0.2, -0.15) is 0 Å². The number of carboxylic acid groups (broad SMARTS) is 1. The predicted octanol–water partition coefficient (Wildman–Crippen LogP) is 1.85. The number of rotatable bonds is 3. The van der Waals surface area contributed by atoms with Gasteiger partial charge in [0.2, 0.25) is 0 Å². The Hall–Kier alpha value is -2.51. The fraction of sp³-hybridized carbons (Fsp3) is 0. The molecule has 1 saturated heterocycles. The van der Waals surface area contributed by atoms with Crippen molar-refractivity contribution in [2.24, 2.45) is 0 Å². The van der Waals surface area contributed by atoms with Gasteiger partial charge in [-0.25, -0.2) is 0 Å². The van der Waals surface area contributed by atoms with E-state index in [0.29, 0.717) is 20.6 Å². The van der Waals surface area contributed by atoms with Gasteiger partial charge in [-0.15, -0.1) is 0 Å². The van der Waals surface area contributed by atoms with Gasteiger partial charge in [0.25, 0.3) is 5.91 Å². The van der Waals surface area contributed by atoms with Gasteiger partial charge in [0, 0.05) is 6.20 Å². The molecule has 1 aliphatic heterocycles. The maximum absolute atomic E-state index is 12.5. The van der Waals surface area contributed by atoms with Crippen LogP contribution in [0.4, 0.5) is 5.69 Å². The average molecular weight is 341 g/mol. The number of carbonyl (C=O) groups is 2. The van der Waals surface area contributed by atoms with Crippen molar-refractivity contribution in [1.29, 1.82) is 0 Å². The molecule has 1 aromatic carbocycles. The fourth-order valence-corrected chi connectivity index (χ4v) is 3.32. The summed E-state index contributed by atoms with van der Waals surface area (Å²) >= 11 is 6.44. The largest absolute Gasteiger partial charge is 0.545 e. The van der Waals surface area contributed by atoms with Crippen LogP contribution in [0.1, 0.15) is 16.1 Å². The first kappa shape index (κ1) is 15.4. The lowest BCUT2D eigenvalue weighted by molar-refractivity contribution is -0.255. The van der Waals surface area contributed by atoms with Crippen molar-refractivity contribution < 1.29 is 14.7 Å². The minimum Gasteiger partial charge on any atom is -0.545 e. The minimum absolute atomic E-state index is 0.0446. The zero-order valence-corrected chi connectivity index (χ0v) is 13.3. The number of aromatic nitrogens is 1. The van der Waals surface area contributed by atoms with Gasteiger partial charge in [-0.05, 0) is 35.9 Å². The number of benzene rings is 1. The molecular weight excluding hydrogens is 332 g/mol. The third-order valence-electron chi connectivity index (χ3n) is 3.12. The van der Waals surface area contributed by atoms with E-state index >= 15 is 0 Å². The van der Waals surface area contributed by atoms with Crippen LogP contribution in [0.2, 0.25) is 0 Å². The number of amides is 1. The highest BCUT2D eigenvalue weighted by Crippen LogP contribution is 2.35. The lowest BCUT2D eigenvalue weighted by Crippen LogP contribution is -2.28. The van der Waals surface area contributed by atoms with Gasteiger partial charge >= 0.3 is 0 Å². The predicted molar refractivity (Wildman–Crippen MR) is 90.7 cm³/mol. The number of hydrogen-bond donors (Lipinski definition) is 0. The van der Waals surface area contributed by atoms with Crippen LogP contribution in [0.25, 0.3) is 6.08 Å². The molecule has 1 amide bonds. The van der Waals surface area contributed by atoms with Gasteiger partial charge in [0.1, 0.15) is 0 Å². The maximum atomic E-state index is 12.5. The monoisotopic (exact) mass is 341 g/mol. The molecule has 3 rings (SSSR count). The number of hydrogen-bond acceptors (Lipinski definition) is 6. The van der Waals surface area contributed by atoms with E-state index in [2.05, 4.69) is 4.98 Å². The molecule has 0 saturated carbocycles. The molecule has 0 radical (unpaired) electrons. The molecule has 0 N–H and O–H groups in total. The normalized spacial score (nSPS) is 16.2. The average Bonchev–Trinajstić information content (AvgIpc) is 2.82. The van der Waals surface area contributed by atoms with E-state index in [1.54, 1.807) is 24.4 Å². The summed E-state index contributed by atoms with van der Waals surface area (Å²) in [4.78, 5) is 29.3. The molecule has 7 heteroatoms. The summed E-state index contributed by atoms with van der Waals surface area (Å²) < 4.78 is 0.387. The second-order valence-corrected chi connectivity index (χ2v) is 6.28. The molecule has 1 fully saturated rings. The van der Waals surface area contributed by atoms with E-state index in [4.69, 9.17) is 12.2 Å². The number of thioether (sulfide) groups is 1. The highest BCUT2D eigenvalue weighted by atomic mass is 32.2. The van der Waals surface area contributed by atoms with Gasteiger partial charge in [-0.3, -0.25) is 14.7 Å². The molecule has 23 heavy (non-hydrogen) atoms. The molecule has 1 aliphatic rings. The van der Waals surface area contributed by atoms with Crippen LogP contribution in [0.3, 0.4) is 0 Å². The number of aromatic carboxylic acids is 1. The third kappa shape index (κ3) is 3.15. The molecule has 114 valence electrons. The van der Waals surface area contributed by atoms with Crippen LogP contribution < -0.4 is 10.0 Å². The zero-order valence-electron chi connectivity index (χ0n) is 11.6. The maximum Gasteiger partial charge on any atom is 0.270 e. The first-order chi connectivity index (χ1) is 11.1. The lowest BCUT2D eigenvalue weighted by Gasteiger charge is -2.15. The van der Waals surface area contributed by atoms with Crippen LogP contribution in [0, 0.1) is 0 Å². The highest BCUT2D eigenvalue weighted by molar-refractivity contribution is 8.27. The molecule has 0 bridgehead atoms. The van der Waals surface area contributed by atoms with Crippen molar-refractivity contribution in [3.63, 3.8) is 0 Å². The molecule has 0 unspecified atom stereocenters. The summed E-state index contributed by atoms with van der Waals surface area (Å²) in [5.41, 5.74) is 1.23. The number of anilines is 1. The number of thiocarbonyl (C=S) groups is 1. The highest BCUT2D eigenvalue weighted by Gasteiger charge is 2.33. The summed E-state index contributed by atoms with van der Waals surface area (Å²) in [6.45, 7) is 0. The van der Waals surface area contributed by atoms with Crippen LogP contribution in [-0.4, -0.2) is 21.2 Å². The van der Waals surface area contributed by atoms with Crippen molar-refractivity contribution in [3.8, 4) is 0 Å². The molecule has 0 atom stereocenters. The SMILES string of the molecule is O=C([O-])c1ccc(N2C(=O)/C(=C/c3ccccn3)SC2=S)cc1. The molecule has 2 heterocycles. The Bertz CT molecular complexity index is 817. The van der Waals surface area contributed by atoms with E-state index in [0.717, 1.165) is 0 Å². The number of carboxylic acids is 1. The van der Waals surface area contributed by atoms with Gasteiger partial charge in [-0.1, -0.05) is 42.2 Å². The molecule has 2 aromatic rings. The molecular formula is C16H9N2O3S2-. The Kier molecular flexibility index (Phi) is 4.22. The summed E-state index contributed by atoms with van der Waals surface area (Å²) in [6.07, 6.45) is 3.32. The van der Waals surface area contributed by atoms with Gasteiger partial charge in [0.05, 0.1) is 22.3 Å². The van der Waals surface area contributed by atoms with Crippen molar-refractivity contribution in [2.45, 2.75) is 0 Å². The summed E-state index contributed by atoms with van der Waals surface area (Å²) in [5, 5.41) is 10.8. The zero-order chi connectivity index (χ0) is 16.4. The Labute approximate surface area is 141 Å². The Morgan fingerprint density at radius 3 is 2.57 bits per heavy atom. The van der Waals surface area contributed by atoms with E-state index in [-0.39, 0.29) is 11.5 Å². The van der Waals surface area contributed by atoms with E-state index < -0.39 is 5.97 Å². The molecule has 5 nitrogen and oxygen atoms in total. The van der Waals surface area contributed by atoms with Crippen LogP contribution in [0.5, 0.6) is 0 Å². The van der Waals surface area contributed by atoms with Crippen molar-refractivity contribution in [2.75, 3.05) is 4.90 Å². The topological polar surface area (TPSA) is 73.3 Å². The smallest absolute Gasteiger partial charge is 0.270 e. The third-order valence-corrected chi connectivity index (χ3v) is 4.42. The Balaban J connectivity index is 1.90. The Morgan fingerprint density at radius 2 is 1.96 bits per heavy atom. The van der Waals surface area contributed by atoms with Crippen LogP contribution in [0.15, 0.2) is 53.6 Å². The molecule has 1 aromatic heterocycles. The first-order valence-corrected chi connectivity index (χ1v) is 7.79. The number of carbonyl (C=O) groups excluding carboxylic acids is 2. The second-order valence-electron chi connectivity index (χ2n) is 4.61. The van der Waals surface area contributed by atoms with E-state index in [1.165, 1.54) is 40.9 Å². The van der Waals surface area contributed by atoms with Crippen LogP contribution in [-0.2, 0) is 4.79 Å². The lowest BCUT2D eigenvalue weighted by atomic mass is 10.2. The standard InChI is InChI=1S/C16H10N2O3S2/c19-14-13(9-11-3-1-2-8-17-11)23-16(22)18(14)12-6-4-10(5-7-12)15(20)21/h1-9H,(H,20,21)/p-1/b13-9-. The van der Waals surface area contributed by atoms with Gasteiger partial charge < -0.3 is 9.90 Å². The van der Waals surface area contributed by atoms with E-state index in [9.17, 15) is 14.7 Å². The van der Waals surface area contributed by atoms with Crippen LogP contribution >= 0.6 is 24.0 Å². The summed E-state index contributed by atoms with van der Waals surface area (Å²) in [5.74, 6) is -1.52. The van der Waals surface area contributed by atoms with Gasteiger partial charge in [0.15, 0.2) is 4.32 Å². The summed E-state index contributed by atoms with van der Waals surface area (Å²) in [7, 11) is 0. The summed E-state index contributed by atoms with van der Waals surface area (Å²) in [6, 6.07) is 11.2. The first-order valence-electron chi connectivity index (χ1n) is 6.56. The molecule has 0 aliphatic carbocycles. The van der Waals surface area contributed by atoms with Crippen molar-refractivity contribution in [1.82, 2.24) is 4.98 Å². The van der Waals surface area contributed by atoms with Crippen molar-refractivity contribution >= 4 is 51.9 Å². The molecule has 0 spiro atoms. The minimum atomic E-state index is -1.27. The number of pyridine rings is 1. The quantitative estimate of drug-likeness (QED) is 0.627. The second kappa shape index (κ2) is 6.31. The van der Waals surface area contributed by atoms with Crippen molar-refractivity contribution in [3.05, 3.63) is 64.8 Å². The fourth-order valence-electron chi connectivity index (χ4n) is 2.03. The number of nitrogens with zero attached hydrogens (tertiary/aromatic N) is 2. The van der Waals surface area contributed by atoms with E-state index in [1.807, 2.05) is 6.07 Å². The Morgan fingerprint density at radius 1 is 1.22 bits per heavy atom.